The molecule has 9 heteroatoms. The lowest BCUT2D eigenvalue weighted by atomic mass is 9.97. The summed E-state index contributed by atoms with van der Waals surface area (Å²) in [6, 6.07) is 9.22. The van der Waals surface area contributed by atoms with E-state index in [-0.39, 0.29) is 18.4 Å². The van der Waals surface area contributed by atoms with E-state index in [0.717, 1.165) is 9.78 Å². The van der Waals surface area contributed by atoms with Crippen molar-refractivity contribution in [3.8, 4) is 10.7 Å². The van der Waals surface area contributed by atoms with E-state index in [4.69, 9.17) is 9.26 Å². The Morgan fingerprint density at radius 1 is 1.17 bits per heavy atom. The van der Waals surface area contributed by atoms with Crippen LogP contribution in [0.15, 0.2) is 46.3 Å². The van der Waals surface area contributed by atoms with Gasteiger partial charge in [-0.15, -0.1) is 11.3 Å². The lowest BCUT2D eigenvalue weighted by Crippen LogP contribution is -2.49. The van der Waals surface area contributed by atoms with E-state index in [1.54, 1.807) is 31.2 Å². The van der Waals surface area contributed by atoms with E-state index in [2.05, 4.69) is 10.1 Å². The molecule has 0 fully saturated rings. The minimum atomic E-state index is -1.04. The minimum absolute atomic E-state index is 0.136. The van der Waals surface area contributed by atoms with Gasteiger partial charge >= 0.3 is 5.97 Å². The highest BCUT2D eigenvalue weighted by molar-refractivity contribution is 7.13. The van der Waals surface area contributed by atoms with Crippen LogP contribution in [-0.2, 0) is 16.1 Å². The Bertz CT molecular complexity index is 1060. The van der Waals surface area contributed by atoms with E-state index in [9.17, 15) is 14.4 Å². The quantitative estimate of drug-likeness (QED) is 0.421. The van der Waals surface area contributed by atoms with Gasteiger partial charge in [0.2, 0.25) is 5.82 Å². The van der Waals surface area contributed by atoms with Crippen LogP contribution in [0.1, 0.15) is 46.9 Å². The van der Waals surface area contributed by atoms with Crippen LogP contribution in [-0.4, -0.2) is 38.9 Å². The number of imide groups is 1. The molecule has 3 aromatic rings. The molecular formula is C21H19N3O5S. The molecule has 30 heavy (non-hydrogen) atoms. The number of thiophene rings is 1. The SMILES string of the molecule is CCC(C)C(C(=O)OCc1nc(-c2cccs2)no1)N1C(=O)c2ccccc2C1=O. The van der Waals surface area contributed by atoms with Gasteiger partial charge in [0.15, 0.2) is 6.61 Å². The number of rotatable bonds is 7. The van der Waals surface area contributed by atoms with Crippen LogP contribution in [0.3, 0.4) is 0 Å². The number of amides is 2. The monoisotopic (exact) mass is 425 g/mol. The number of hydrogen-bond acceptors (Lipinski definition) is 8. The fourth-order valence-electron chi connectivity index (χ4n) is 3.31. The first kappa shape index (κ1) is 20.0. The molecular weight excluding hydrogens is 406 g/mol. The van der Waals surface area contributed by atoms with Crippen molar-refractivity contribution in [2.75, 3.05) is 0 Å². The number of esters is 1. The molecule has 1 aromatic carbocycles. The topological polar surface area (TPSA) is 103 Å². The van der Waals surface area contributed by atoms with Gasteiger partial charge in [0, 0.05) is 0 Å². The average molecular weight is 425 g/mol. The molecule has 0 aliphatic carbocycles. The van der Waals surface area contributed by atoms with Gasteiger partial charge in [-0.3, -0.25) is 14.5 Å². The van der Waals surface area contributed by atoms with Gasteiger partial charge in [0.25, 0.3) is 17.7 Å². The molecule has 154 valence electrons. The molecule has 8 nitrogen and oxygen atoms in total. The summed E-state index contributed by atoms with van der Waals surface area (Å²) in [5, 5.41) is 5.77. The standard InChI is InChI=1S/C21H19N3O5S/c1-3-12(2)17(24-19(25)13-7-4-5-8-14(13)20(24)26)21(27)28-11-16-22-18(23-29-16)15-9-6-10-30-15/h4-10,12,17H,3,11H2,1-2H3. The molecule has 2 unspecified atom stereocenters. The fourth-order valence-corrected chi connectivity index (χ4v) is 3.96. The number of carbonyl (C=O) groups is 3. The summed E-state index contributed by atoms with van der Waals surface area (Å²) >= 11 is 1.46. The molecule has 2 atom stereocenters. The Hall–Kier alpha value is -3.33. The van der Waals surface area contributed by atoms with Crippen LogP contribution in [0.2, 0.25) is 0 Å². The van der Waals surface area contributed by atoms with Crippen LogP contribution in [0.4, 0.5) is 0 Å². The number of ether oxygens (including phenoxy) is 1. The maximum Gasteiger partial charge on any atom is 0.330 e. The molecule has 0 radical (unpaired) electrons. The minimum Gasteiger partial charge on any atom is -0.454 e. The van der Waals surface area contributed by atoms with Crippen molar-refractivity contribution >= 4 is 29.1 Å². The average Bonchev–Trinajstić information content (AvgIpc) is 3.50. The molecule has 0 spiro atoms. The number of carbonyl (C=O) groups excluding carboxylic acids is 3. The molecule has 0 saturated carbocycles. The van der Waals surface area contributed by atoms with Crippen molar-refractivity contribution < 1.29 is 23.6 Å². The number of hydrogen-bond donors (Lipinski definition) is 0. The Kier molecular flexibility index (Phi) is 5.45. The van der Waals surface area contributed by atoms with Crippen LogP contribution in [0, 0.1) is 5.92 Å². The molecule has 1 aliphatic rings. The van der Waals surface area contributed by atoms with Crippen molar-refractivity contribution in [2.24, 2.45) is 5.92 Å². The largest absolute Gasteiger partial charge is 0.454 e. The Balaban J connectivity index is 1.51. The van der Waals surface area contributed by atoms with E-state index in [0.29, 0.717) is 23.4 Å². The third kappa shape index (κ3) is 3.52. The van der Waals surface area contributed by atoms with Gasteiger partial charge in [-0.05, 0) is 29.5 Å². The second kappa shape index (κ2) is 8.19. The molecule has 4 rings (SSSR count). The zero-order valence-electron chi connectivity index (χ0n) is 16.4. The molecule has 2 aromatic heterocycles. The first-order chi connectivity index (χ1) is 14.5. The predicted molar refractivity (Wildman–Crippen MR) is 108 cm³/mol. The van der Waals surface area contributed by atoms with Crippen LogP contribution < -0.4 is 0 Å². The smallest absolute Gasteiger partial charge is 0.330 e. The van der Waals surface area contributed by atoms with Crippen molar-refractivity contribution in [1.82, 2.24) is 15.0 Å². The molecule has 2 amide bonds. The summed E-state index contributed by atoms with van der Waals surface area (Å²) in [4.78, 5) is 44.7. The van der Waals surface area contributed by atoms with Crippen LogP contribution >= 0.6 is 11.3 Å². The van der Waals surface area contributed by atoms with Gasteiger partial charge in [0.05, 0.1) is 16.0 Å². The normalized spacial score (nSPS) is 15.2. The Morgan fingerprint density at radius 2 is 1.87 bits per heavy atom. The number of fused-ring (bicyclic) bond motifs is 1. The zero-order chi connectivity index (χ0) is 21.3. The lowest BCUT2D eigenvalue weighted by molar-refractivity contribution is -0.152. The van der Waals surface area contributed by atoms with Crippen molar-refractivity contribution in [1.29, 1.82) is 0 Å². The van der Waals surface area contributed by atoms with E-state index < -0.39 is 23.8 Å². The number of benzene rings is 1. The Morgan fingerprint density at radius 3 is 2.47 bits per heavy atom. The van der Waals surface area contributed by atoms with Crippen LogP contribution in [0.25, 0.3) is 10.7 Å². The second-order valence-electron chi connectivity index (χ2n) is 6.95. The highest BCUT2D eigenvalue weighted by Crippen LogP contribution is 2.29. The zero-order valence-corrected chi connectivity index (χ0v) is 17.2. The highest BCUT2D eigenvalue weighted by Gasteiger charge is 2.45. The first-order valence-corrected chi connectivity index (χ1v) is 10.4. The van der Waals surface area contributed by atoms with Gasteiger partial charge in [-0.2, -0.15) is 4.98 Å². The van der Waals surface area contributed by atoms with Gasteiger partial charge in [-0.25, -0.2) is 4.79 Å². The van der Waals surface area contributed by atoms with Gasteiger partial charge in [0.1, 0.15) is 6.04 Å². The molecule has 3 heterocycles. The summed E-state index contributed by atoms with van der Waals surface area (Å²) < 4.78 is 10.5. The highest BCUT2D eigenvalue weighted by atomic mass is 32.1. The summed E-state index contributed by atoms with van der Waals surface area (Å²) in [5.41, 5.74) is 0.585. The number of nitrogens with zero attached hydrogens (tertiary/aromatic N) is 3. The molecule has 1 aliphatic heterocycles. The second-order valence-corrected chi connectivity index (χ2v) is 7.90. The van der Waals surface area contributed by atoms with Gasteiger partial charge in [-0.1, -0.05) is 43.6 Å². The van der Waals surface area contributed by atoms with Crippen LogP contribution in [0.5, 0.6) is 0 Å². The van der Waals surface area contributed by atoms with Crippen molar-refractivity contribution in [3.05, 3.63) is 58.8 Å². The maximum absolute atomic E-state index is 12.9. The summed E-state index contributed by atoms with van der Waals surface area (Å²) in [7, 11) is 0. The van der Waals surface area contributed by atoms with E-state index in [1.807, 2.05) is 24.4 Å². The predicted octanol–water partition coefficient (Wildman–Crippen LogP) is 3.55. The summed E-state index contributed by atoms with van der Waals surface area (Å²) in [5.74, 6) is -1.41. The first-order valence-electron chi connectivity index (χ1n) is 9.51. The molecule has 0 saturated heterocycles. The number of aromatic nitrogens is 2. The third-order valence-corrected chi connectivity index (χ3v) is 5.94. The molecule has 0 bridgehead atoms. The maximum atomic E-state index is 12.9. The third-order valence-electron chi connectivity index (χ3n) is 5.08. The summed E-state index contributed by atoms with van der Waals surface area (Å²) in [6.07, 6.45) is 0.580. The van der Waals surface area contributed by atoms with Gasteiger partial charge < -0.3 is 9.26 Å². The van der Waals surface area contributed by atoms with Crippen molar-refractivity contribution in [3.63, 3.8) is 0 Å². The van der Waals surface area contributed by atoms with Crippen molar-refractivity contribution in [2.45, 2.75) is 32.9 Å². The summed E-state index contributed by atoms with van der Waals surface area (Å²) in [6.45, 7) is 3.44. The van der Waals surface area contributed by atoms with E-state index in [1.165, 1.54) is 11.3 Å². The molecule has 0 N–H and O–H groups in total. The van der Waals surface area contributed by atoms with E-state index >= 15 is 0 Å². The Labute approximate surface area is 176 Å². The fraction of sp³-hybridized carbons (Fsp3) is 0.286. The lowest BCUT2D eigenvalue weighted by Gasteiger charge is -2.28.